The van der Waals surface area contributed by atoms with Crippen molar-refractivity contribution in [3.63, 3.8) is 0 Å². The highest BCUT2D eigenvalue weighted by Crippen LogP contribution is 2.30. The van der Waals surface area contributed by atoms with Crippen LogP contribution in [0.3, 0.4) is 0 Å². The fraction of sp³-hybridized carbons (Fsp3) is 0.316. The topological polar surface area (TPSA) is 75.5 Å². The standard InChI is InChI=1S/C19H21N3O3/c1-21(2)18-11-10-14(22(24)25)12-16(18)19(23)20-17-9-5-7-13-6-3-4-8-15(13)17/h5,7,9-12H,3-4,6,8H2,1-2H3,(H,20,23). The highest BCUT2D eigenvalue weighted by Gasteiger charge is 2.20. The molecule has 0 heterocycles. The molecular formula is C19H21N3O3. The summed E-state index contributed by atoms with van der Waals surface area (Å²) in [4.78, 5) is 25.2. The number of nitro groups is 1. The van der Waals surface area contributed by atoms with Gasteiger partial charge in [-0.15, -0.1) is 0 Å². The molecule has 3 rings (SSSR count). The molecule has 0 bridgehead atoms. The van der Waals surface area contributed by atoms with Gasteiger partial charge in [0.05, 0.1) is 10.5 Å². The van der Waals surface area contributed by atoms with E-state index in [2.05, 4.69) is 11.4 Å². The monoisotopic (exact) mass is 339 g/mol. The molecule has 0 atom stereocenters. The third-order valence-electron chi connectivity index (χ3n) is 4.56. The van der Waals surface area contributed by atoms with Crippen molar-refractivity contribution in [2.75, 3.05) is 24.3 Å². The number of fused-ring (bicyclic) bond motifs is 1. The first-order valence-corrected chi connectivity index (χ1v) is 8.35. The van der Waals surface area contributed by atoms with Gasteiger partial charge in [0, 0.05) is 37.6 Å². The van der Waals surface area contributed by atoms with Crippen LogP contribution < -0.4 is 10.2 Å². The molecule has 0 aliphatic heterocycles. The van der Waals surface area contributed by atoms with Crippen LogP contribution in [-0.4, -0.2) is 24.9 Å². The summed E-state index contributed by atoms with van der Waals surface area (Å²) in [5.41, 5.74) is 4.11. The molecule has 1 aliphatic carbocycles. The lowest BCUT2D eigenvalue weighted by molar-refractivity contribution is -0.384. The minimum Gasteiger partial charge on any atom is -0.377 e. The van der Waals surface area contributed by atoms with E-state index >= 15 is 0 Å². The Hall–Kier alpha value is -2.89. The van der Waals surface area contributed by atoms with Crippen LogP contribution in [0.4, 0.5) is 17.1 Å². The summed E-state index contributed by atoms with van der Waals surface area (Å²) in [6, 6.07) is 10.3. The van der Waals surface area contributed by atoms with Gasteiger partial charge >= 0.3 is 0 Å². The van der Waals surface area contributed by atoms with Crippen LogP contribution in [0, 0.1) is 10.1 Å². The van der Waals surface area contributed by atoms with Gasteiger partial charge in [-0.3, -0.25) is 14.9 Å². The summed E-state index contributed by atoms with van der Waals surface area (Å²) >= 11 is 0. The number of nitrogens with zero attached hydrogens (tertiary/aromatic N) is 2. The van der Waals surface area contributed by atoms with Crippen LogP contribution in [0.2, 0.25) is 0 Å². The van der Waals surface area contributed by atoms with Crippen LogP contribution in [0.25, 0.3) is 0 Å². The Morgan fingerprint density at radius 1 is 1.16 bits per heavy atom. The van der Waals surface area contributed by atoms with Crippen molar-refractivity contribution < 1.29 is 9.72 Å². The van der Waals surface area contributed by atoms with Crippen LogP contribution in [0.5, 0.6) is 0 Å². The number of benzene rings is 2. The number of rotatable bonds is 4. The molecule has 6 heteroatoms. The summed E-state index contributed by atoms with van der Waals surface area (Å²) in [6.45, 7) is 0. The number of carbonyl (C=O) groups excluding carboxylic acids is 1. The van der Waals surface area contributed by atoms with E-state index in [1.54, 1.807) is 11.0 Å². The van der Waals surface area contributed by atoms with E-state index in [1.165, 1.54) is 29.7 Å². The first kappa shape index (κ1) is 17.0. The molecule has 1 amide bonds. The van der Waals surface area contributed by atoms with E-state index in [1.807, 2.05) is 26.2 Å². The summed E-state index contributed by atoms with van der Waals surface area (Å²) in [7, 11) is 3.62. The van der Waals surface area contributed by atoms with E-state index in [4.69, 9.17) is 0 Å². The molecule has 2 aromatic carbocycles. The Labute approximate surface area is 146 Å². The Balaban J connectivity index is 1.96. The smallest absolute Gasteiger partial charge is 0.270 e. The average Bonchev–Trinajstić information content (AvgIpc) is 2.61. The van der Waals surface area contributed by atoms with Gasteiger partial charge in [-0.1, -0.05) is 12.1 Å². The number of anilines is 2. The van der Waals surface area contributed by atoms with Gasteiger partial charge in [0.25, 0.3) is 11.6 Å². The molecule has 130 valence electrons. The maximum Gasteiger partial charge on any atom is 0.270 e. The molecule has 1 aliphatic rings. The second-order valence-corrected chi connectivity index (χ2v) is 6.46. The third-order valence-corrected chi connectivity index (χ3v) is 4.56. The second kappa shape index (κ2) is 6.93. The van der Waals surface area contributed by atoms with Gasteiger partial charge in [-0.2, -0.15) is 0 Å². The van der Waals surface area contributed by atoms with E-state index in [-0.39, 0.29) is 11.6 Å². The molecule has 0 saturated heterocycles. The number of hydrogen-bond acceptors (Lipinski definition) is 4. The molecule has 6 nitrogen and oxygen atoms in total. The Kier molecular flexibility index (Phi) is 4.70. The van der Waals surface area contributed by atoms with E-state index in [0.717, 1.165) is 24.9 Å². The van der Waals surface area contributed by atoms with Crippen LogP contribution in [-0.2, 0) is 12.8 Å². The zero-order valence-corrected chi connectivity index (χ0v) is 14.4. The lowest BCUT2D eigenvalue weighted by Crippen LogP contribution is -2.20. The quantitative estimate of drug-likeness (QED) is 0.679. The third kappa shape index (κ3) is 3.47. The highest BCUT2D eigenvalue weighted by atomic mass is 16.6. The fourth-order valence-electron chi connectivity index (χ4n) is 3.30. The summed E-state index contributed by atoms with van der Waals surface area (Å²) < 4.78 is 0. The largest absolute Gasteiger partial charge is 0.377 e. The molecule has 0 saturated carbocycles. The Bertz CT molecular complexity index is 831. The number of hydrogen-bond donors (Lipinski definition) is 1. The summed E-state index contributed by atoms with van der Waals surface area (Å²) in [6.07, 6.45) is 4.25. The minimum absolute atomic E-state index is 0.0918. The number of amides is 1. The molecule has 0 aromatic heterocycles. The minimum atomic E-state index is -0.486. The van der Waals surface area contributed by atoms with Crippen molar-refractivity contribution in [1.82, 2.24) is 0 Å². The van der Waals surface area contributed by atoms with E-state index in [9.17, 15) is 14.9 Å². The number of nitrogens with one attached hydrogen (secondary N) is 1. The van der Waals surface area contributed by atoms with Gasteiger partial charge < -0.3 is 10.2 Å². The molecule has 0 spiro atoms. The highest BCUT2D eigenvalue weighted by molar-refractivity contribution is 6.09. The molecule has 25 heavy (non-hydrogen) atoms. The number of nitro benzene ring substituents is 1. The molecule has 1 N–H and O–H groups in total. The average molecular weight is 339 g/mol. The first-order chi connectivity index (χ1) is 12.0. The normalized spacial score (nSPS) is 13.0. The zero-order chi connectivity index (χ0) is 18.0. The maximum atomic E-state index is 12.8. The van der Waals surface area contributed by atoms with E-state index in [0.29, 0.717) is 11.3 Å². The van der Waals surface area contributed by atoms with Crippen molar-refractivity contribution in [1.29, 1.82) is 0 Å². The van der Waals surface area contributed by atoms with Gasteiger partial charge in [0.15, 0.2) is 0 Å². The van der Waals surface area contributed by atoms with Gasteiger partial charge in [0.2, 0.25) is 0 Å². The van der Waals surface area contributed by atoms with Crippen molar-refractivity contribution in [2.45, 2.75) is 25.7 Å². The lowest BCUT2D eigenvalue weighted by Gasteiger charge is -2.21. The molecular weight excluding hydrogens is 318 g/mol. The predicted octanol–water partition coefficient (Wildman–Crippen LogP) is 3.79. The Morgan fingerprint density at radius 3 is 2.64 bits per heavy atom. The maximum absolute atomic E-state index is 12.8. The fourth-order valence-corrected chi connectivity index (χ4v) is 3.30. The zero-order valence-electron chi connectivity index (χ0n) is 14.4. The Morgan fingerprint density at radius 2 is 1.92 bits per heavy atom. The van der Waals surface area contributed by atoms with Crippen LogP contribution >= 0.6 is 0 Å². The van der Waals surface area contributed by atoms with Gasteiger partial charge in [0.1, 0.15) is 0 Å². The summed E-state index contributed by atoms with van der Waals surface area (Å²) in [5, 5.41) is 14.0. The van der Waals surface area contributed by atoms with Crippen LogP contribution in [0.1, 0.15) is 34.3 Å². The van der Waals surface area contributed by atoms with Crippen LogP contribution in [0.15, 0.2) is 36.4 Å². The summed E-state index contributed by atoms with van der Waals surface area (Å²) in [5.74, 6) is -0.327. The second-order valence-electron chi connectivity index (χ2n) is 6.46. The first-order valence-electron chi connectivity index (χ1n) is 8.35. The van der Waals surface area contributed by atoms with Gasteiger partial charge in [-0.25, -0.2) is 0 Å². The van der Waals surface area contributed by atoms with Crippen molar-refractivity contribution in [3.8, 4) is 0 Å². The predicted molar refractivity (Wildman–Crippen MR) is 98.5 cm³/mol. The molecule has 0 fully saturated rings. The van der Waals surface area contributed by atoms with E-state index < -0.39 is 4.92 Å². The van der Waals surface area contributed by atoms with Crippen molar-refractivity contribution in [2.24, 2.45) is 0 Å². The van der Waals surface area contributed by atoms with Crippen molar-refractivity contribution in [3.05, 3.63) is 63.2 Å². The molecule has 2 aromatic rings. The SMILES string of the molecule is CN(C)c1ccc([N+](=O)[O-])cc1C(=O)Nc1cccc2c1CCCC2. The molecule has 0 radical (unpaired) electrons. The van der Waals surface area contributed by atoms with Gasteiger partial charge in [-0.05, 0) is 48.9 Å². The lowest BCUT2D eigenvalue weighted by atomic mass is 9.90. The number of carbonyl (C=O) groups is 1. The molecule has 0 unspecified atom stereocenters. The van der Waals surface area contributed by atoms with Crippen molar-refractivity contribution >= 4 is 23.0 Å². The number of aryl methyl sites for hydroxylation is 1. The number of non-ortho nitro benzene ring substituents is 1.